The standard InChI is InChI=1S/C17H16FN3OS2/c18-14-6-8-15(9-7-14)22-10-11-23-17-21-20-16(24-17)19-12-13-4-2-1-3-5-13/h1-9H,10-12H2,(H,19,20). The van der Waals surface area contributed by atoms with Gasteiger partial charge in [0.05, 0.1) is 6.61 Å². The molecule has 0 fully saturated rings. The van der Waals surface area contributed by atoms with Gasteiger partial charge in [-0.1, -0.05) is 53.4 Å². The van der Waals surface area contributed by atoms with Crippen LogP contribution in [0.2, 0.25) is 0 Å². The van der Waals surface area contributed by atoms with Crippen LogP contribution in [0, 0.1) is 5.82 Å². The molecule has 1 aromatic heterocycles. The Bertz CT molecular complexity index is 750. The highest BCUT2D eigenvalue weighted by molar-refractivity contribution is 8.01. The third-order valence-electron chi connectivity index (χ3n) is 3.08. The summed E-state index contributed by atoms with van der Waals surface area (Å²) in [4.78, 5) is 0. The second-order valence-corrected chi connectivity index (χ2v) is 7.18. The van der Waals surface area contributed by atoms with Crippen LogP contribution in [-0.4, -0.2) is 22.6 Å². The molecule has 0 spiro atoms. The van der Waals surface area contributed by atoms with E-state index < -0.39 is 0 Å². The first-order chi connectivity index (χ1) is 11.8. The van der Waals surface area contributed by atoms with Crippen LogP contribution < -0.4 is 10.1 Å². The lowest BCUT2D eigenvalue weighted by molar-refractivity contribution is 0.343. The number of nitrogens with one attached hydrogen (secondary N) is 1. The number of ether oxygens (including phenoxy) is 1. The van der Waals surface area contributed by atoms with Crippen molar-refractivity contribution < 1.29 is 9.13 Å². The highest BCUT2D eigenvalue weighted by Crippen LogP contribution is 2.25. The molecule has 3 rings (SSSR count). The summed E-state index contributed by atoms with van der Waals surface area (Å²) in [6.07, 6.45) is 0. The topological polar surface area (TPSA) is 47.0 Å². The van der Waals surface area contributed by atoms with Gasteiger partial charge >= 0.3 is 0 Å². The molecule has 0 aliphatic rings. The van der Waals surface area contributed by atoms with Crippen LogP contribution in [0.25, 0.3) is 0 Å². The Morgan fingerprint density at radius 2 is 1.83 bits per heavy atom. The first kappa shape index (κ1) is 16.7. The fraction of sp³-hybridized carbons (Fsp3) is 0.176. The van der Waals surface area contributed by atoms with Crippen molar-refractivity contribution in [3.05, 3.63) is 66.0 Å². The molecule has 7 heteroatoms. The van der Waals surface area contributed by atoms with Crippen LogP contribution in [0.4, 0.5) is 9.52 Å². The van der Waals surface area contributed by atoms with E-state index in [1.807, 2.05) is 18.2 Å². The predicted octanol–water partition coefficient (Wildman–Crippen LogP) is 4.46. The molecule has 0 amide bonds. The summed E-state index contributed by atoms with van der Waals surface area (Å²) < 4.78 is 19.2. The molecule has 3 aromatic rings. The van der Waals surface area contributed by atoms with Gasteiger partial charge in [-0.3, -0.25) is 0 Å². The molecule has 0 saturated heterocycles. The lowest BCUT2D eigenvalue weighted by Gasteiger charge is -2.04. The lowest BCUT2D eigenvalue weighted by Crippen LogP contribution is -1.99. The Morgan fingerprint density at radius 3 is 2.62 bits per heavy atom. The summed E-state index contributed by atoms with van der Waals surface area (Å²) in [6.45, 7) is 1.26. The van der Waals surface area contributed by atoms with E-state index in [-0.39, 0.29) is 5.82 Å². The Balaban J connectivity index is 1.39. The van der Waals surface area contributed by atoms with E-state index in [4.69, 9.17) is 4.74 Å². The Morgan fingerprint density at radius 1 is 1.04 bits per heavy atom. The summed E-state index contributed by atoms with van der Waals surface area (Å²) in [7, 11) is 0. The van der Waals surface area contributed by atoms with Gasteiger partial charge in [0.2, 0.25) is 5.13 Å². The number of aromatic nitrogens is 2. The number of thioether (sulfide) groups is 1. The van der Waals surface area contributed by atoms with Gasteiger partial charge in [-0.05, 0) is 29.8 Å². The highest BCUT2D eigenvalue weighted by atomic mass is 32.2. The third-order valence-corrected chi connectivity index (χ3v) is 5.06. The van der Waals surface area contributed by atoms with E-state index in [9.17, 15) is 4.39 Å². The van der Waals surface area contributed by atoms with Crippen LogP contribution in [0.5, 0.6) is 5.75 Å². The van der Waals surface area contributed by atoms with E-state index in [1.54, 1.807) is 23.9 Å². The van der Waals surface area contributed by atoms with Gasteiger partial charge in [0.1, 0.15) is 11.6 Å². The van der Waals surface area contributed by atoms with Crippen molar-refractivity contribution >= 4 is 28.2 Å². The molecule has 0 radical (unpaired) electrons. The highest BCUT2D eigenvalue weighted by Gasteiger charge is 2.05. The van der Waals surface area contributed by atoms with E-state index in [0.717, 1.165) is 21.8 Å². The van der Waals surface area contributed by atoms with E-state index >= 15 is 0 Å². The third kappa shape index (κ3) is 5.21. The molecule has 0 unspecified atom stereocenters. The summed E-state index contributed by atoms with van der Waals surface area (Å²) in [5.74, 6) is 1.16. The molecule has 2 aromatic carbocycles. The van der Waals surface area contributed by atoms with E-state index in [2.05, 4.69) is 27.6 Å². The number of nitrogens with zero attached hydrogens (tertiary/aromatic N) is 2. The Hall–Kier alpha value is -2.12. The first-order valence-electron chi connectivity index (χ1n) is 7.42. The van der Waals surface area contributed by atoms with Gasteiger partial charge in [0, 0.05) is 12.3 Å². The molecule has 0 saturated carbocycles. The number of halogens is 1. The molecule has 1 heterocycles. The molecule has 124 valence electrons. The summed E-state index contributed by atoms with van der Waals surface area (Å²) in [5, 5.41) is 12.4. The average Bonchev–Trinajstić information content (AvgIpc) is 3.07. The fourth-order valence-electron chi connectivity index (χ4n) is 1.93. The van der Waals surface area contributed by atoms with Crippen molar-refractivity contribution in [2.75, 3.05) is 17.7 Å². The smallest absolute Gasteiger partial charge is 0.206 e. The van der Waals surface area contributed by atoms with Gasteiger partial charge in [0.15, 0.2) is 4.34 Å². The minimum absolute atomic E-state index is 0.263. The molecule has 0 aliphatic carbocycles. The van der Waals surface area contributed by atoms with Gasteiger partial charge in [0.25, 0.3) is 0 Å². The second-order valence-electron chi connectivity index (χ2n) is 4.86. The molecule has 0 bridgehead atoms. The van der Waals surface area contributed by atoms with Crippen molar-refractivity contribution in [1.29, 1.82) is 0 Å². The largest absolute Gasteiger partial charge is 0.493 e. The zero-order valence-corrected chi connectivity index (χ0v) is 14.4. The van der Waals surface area contributed by atoms with Crippen molar-refractivity contribution in [2.45, 2.75) is 10.9 Å². The van der Waals surface area contributed by atoms with Crippen LogP contribution in [0.15, 0.2) is 58.9 Å². The molecule has 24 heavy (non-hydrogen) atoms. The molecular formula is C17H16FN3OS2. The predicted molar refractivity (Wildman–Crippen MR) is 96.3 cm³/mol. The Kier molecular flexibility index (Phi) is 6.03. The van der Waals surface area contributed by atoms with Gasteiger partial charge < -0.3 is 10.1 Å². The first-order valence-corrected chi connectivity index (χ1v) is 9.22. The van der Waals surface area contributed by atoms with E-state index in [1.165, 1.54) is 29.0 Å². The minimum Gasteiger partial charge on any atom is -0.493 e. The van der Waals surface area contributed by atoms with Gasteiger partial charge in [-0.2, -0.15) is 0 Å². The second kappa shape index (κ2) is 8.65. The van der Waals surface area contributed by atoms with Crippen LogP contribution in [-0.2, 0) is 6.54 Å². The average molecular weight is 361 g/mol. The van der Waals surface area contributed by atoms with Crippen molar-refractivity contribution in [3.63, 3.8) is 0 Å². The fourth-order valence-corrected chi connectivity index (χ4v) is 3.57. The number of hydrogen-bond donors (Lipinski definition) is 1. The van der Waals surface area contributed by atoms with Crippen molar-refractivity contribution in [3.8, 4) is 5.75 Å². The number of hydrogen-bond acceptors (Lipinski definition) is 6. The maximum absolute atomic E-state index is 12.8. The van der Waals surface area contributed by atoms with Gasteiger partial charge in [-0.15, -0.1) is 10.2 Å². The number of anilines is 1. The summed E-state index contributed by atoms with van der Waals surface area (Å²) >= 11 is 3.12. The van der Waals surface area contributed by atoms with Gasteiger partial charge in [-0.25, -0.2) is 4.39 Å². The monoisotopic (exact) mass is 361 g/mol. The molecule has 0 aliphatic heterocycles. The summed E-state index contributed by atoms with van der Waals surface area (Å²) in [5.41, 5.74) is 1.20. The molecule has 4 nitrogen and oxygen atoms in total. The van der Waals surface area contributed by atoms with Crippen LogP contribution in [0.1, 0.15) is 5.56 Å². The van der Waals surface area contributed by atoms with Crippen molar-refractivity contribution in [2.24, 2.45) is 0 Å². The lowest BCUT2D eigenvalue weighted by atomic mass is 10.2. The summed E-state index contributed by atoms with van der Waals surface area (Å²) in [6, 6.07) is 16.2. The SMILES string of the molecule is Fc1ccc(OCCSc2nnc(NCc3ccccc3)s2)cc1. The molecule has 0 atom stereocenters. The van der Waals surface area contributed by atoms with E-state index in [0.29, 0.717) is 12.4 Å². The zero-order valence-electron chi connectivity index (χ0n) is 12.8. The molecule has 1 N–H and O–H groups in total. The van der Waals surface area contributed by atoms with Crippen molar-refractivity contribution in [1.82, 2.24) is 10.2 Å². The minimum atomic E-state index is -0.263. The maximum atomic E-state index is 12.8. The number of rotatable bonds is 8. The zero-order chi connectivity index (χ0) is 16.6. The maximum Gasteiger partial charge on any atom is 0.206 e. The quantitative estimate of drug-likeness (QED) is 0.474. The number of benzene rings is 2. The molecular weight excluding hydrogens is 345 g/mol. The normalized spacial score (nSPS) is 10.5. The Labute approximate surface area is 148 Å². The van der Waals surface area contributed by atoms with Crippen LogP contribution >= 0.6 is 23.1 Å². The van der Waals surface area contributed by atoms with Crippen LogP contribution in [0.3, 0.4) is 0 Å².